The van der Waals surface area contributed by atoms with Crippen LogP contribution in [0.1, 0.15) is 17.1 Å². The number of anilines is 1. The van der Waals surface area contributed by atoms with Crippen LogP contribution in [0, 0.1) is 6.92 Å². The number of benzene rings is 2. The Kier molecular flexibility index (Phi) is 6.07. The van der Waals surface area contributed by atoms with Gasteiger partial charge in [-0.15, -0.1) is 0 Å². The lowest BCUT2D eigenvalue weighted by molar-refractivity contribution is -0.111. The summed E-state index contributed by atoms with van der Waals surface area (Å²) in [7, 11) is 0. The number of aryl methyl sites for hydroxylation is 1. The summed E-state index contributed by atoms with van der Waals surface area (Å²) in [4.78, 5) is 12.4. The lowest BCUT2D eigenvalue weighted by Gasteiger charge is -2.08. The van der Waals surface area contributed by atoms with Crippen LogP contribution in [-0.2, 0) is 11.4 Å². The van der Waals surface area contributed by atoms with E-state index in [2.05, 4.69) is 5.32 Å². The van der Waals surface area contributed by atoms with E-state index in [0.29, 0.717) is 33.8 Å². The molecule has 6 heteroatoms. The first-order chi connectivity index (χ1) is 15.0. The molecule has 0 unspecified atom stereocenters. The summed E-state index contributed by atoms with van der Waals surface area (Å²) in [6.45, 7) is 1.75. The number of carbonyl (C=O) groups excluding carboxylic acids is 1. The van der Waals surface area contributed by atoms with Gasteiger partial charge in [-0.25, -0.2) is 0 Å². The zero-order valence-electron chi connectivity index (χ0n) is 16.8. The molecule has 2 heterocycles. The van der Waals surface area contributed by atoms with Gasteiger partial charge in [0.25, 0.3) is 0 Å². The van der Waals surface area contributed by atoms with E-state index in [1.54, 1.807) is 30.3 Å². The number of hydrogen-bond donors (Lipinski definition) is 2. The number of aliphatic hydroxyl groups excluding tert-OH is 1. The highest BCUT2D eigenvalue weighted by molar-refractivity contribution is 6.33. The van der Waals surface area contributed by atoms with Crippen LogP contribution in [-0.4, -0.2) is 11.0 Å². The van der Waals surface area contributed by atoms with Gasteiger partial charge in [-0.1, -0.05) is 35.9 Å². The fourth-order valence-electron chi connectivity index (χ4n) is 3.11. The summed E-state index contributed by atoms with van der Waals surface area (Å²) < 4.78 is 11.4. The highest BCUT2D eigenvalue weighted by atomic mass is 35.5. The molecule has 0 radical (unpaired) electrons. The molecule has 4 rings (SSSR count). The van der Waals surface area contributed by atoms with Gasteiger partial charge in [-0.3, -0.25) is 4.79 Å². The van der Waals surface area contributed by atoms with E-state index >= 15 is 0 Å². The first-order valence-corrected chi connectivity index (χ1v) is 10.1. The molecule has 0 atom stereocenters. The summed E-state index contributed by atoms with van der Waals surface area (Å²) in [6.07, 6.45) is 3.02. The predicted molar refractivity (Wildman–Crippen MR) is 122 cm³/mol. The maximum absolute atomic E-state index is 12.4. The van der Waals surface area contributed by atoms with Crippen molar-refractivity contribution in [1.29, 1.82) is 0 Å². The molecule has 0 spiro atoms. The average molecular weight is 434 g/mol. The molecule has 0 aliphatic rings. The fourth-order valence-corrected chi connectivity index (χ4v) is 3.34. The van der Waals surface area contributed by atoms with E-state index < -0.39 is 0 Å². The second-order valence-corrected chi connectivity index (χ2v) is 7.37. The monoisotopic (exact) mass is 433 g/mol. The molecule has 2 N–H and O–H groups in total. The molecular weight excluding hydrogens is 414 g/mol. The average Bonchev–Trinajstić information content (AvgIpc) is 3.44. The van der Waals surface area contributed by atoms with Gasteiger partial charge in [0.1, 0.15) is 29.6 Å². The second kappa shape index (κ2) is 9.08. The zero-order valence-corrected chi connectivity index (χ0v) is 17.5. The number of halogens is 1. The molecule has 1 amide bonds. The molecule has 31 heavy (non-hydrogen) atoms. The quantitative estimate of drug-likeness (QED) is 0.349. The van der Waals surface area contributed by atoms with Crippen molar-refractivity contribution in [2.24, 2.45) is 0 Å². The van der Waals surface area contributed by atoms with Gasteiger partial charge in [0.15, 0.2) is 0 Å². The second-order valence-electron chi connectivity index (χ2n) is 6.96. The predicted octanol–water partition coefficient (Wildman–Crippen LogP) is 6.31. The summed E-state index contributed by atoms with van der Waals surface area (Å²) in [5, 5.41) is 12.7. The third-order valence-electron chi connectivity index (χ3n) is 4.76. The summed E-state index contributed by atoms with van der Waals surface area (Å²) in [5.74, 6) is 2.00. The number of amides is 1. The van der Waals surface area contributed by atoms with E-state index in [0.717, 1.165) is 16.7 Å². The van der Waals surface area contributed by atoms with Gasteiger partial charge in [0.2, 0.25) is 5.91 Å². The van der Waals surface area contributed by atoms with E-state index in [1.807, 2.05) is 49.4 Å². The van der Waals surface area contributed by atoms with Crippen molar-refractivity contribution in [2.75, 3.05) is 5.32 Å². The third kappa shape index (κ3) is 4.79. The summed E-state index contributed by atoms with van der Waals surface area (Å²) in [5.41, 5.74) is 3.19. The van der Waals surface area contributed by atoms with E-state index in [9.17, 15) is 9.90 Å². The highest BCUT2D eigenvalue weighted by Crippen LogP contribution is 2.30. The molecule has 0 aliphatic carbocycles. The Labute approximate surface area is 184 Å². The first-order valence-electron chi connectivity index (χ1n) is 9.68. The van der Waals surface area contributed by atoms with Crippen molar-refractivity contribution in [1.82, 2.24) is 0 Å². The molecule has 0 saturated heterocycles. The van der Waals surface area contributed by atoms with Crippen LogP contribution in [0.2, 0.25) is 5.02 Å². The smallest absolute Gasteiger partial charge is 0.248 e. The van der Waals surface area contributed by atoms with Gasteiger partial charge >= 0.3 is 0 Å². The zero-order chi connectivity index (χ0) is 21.8. The number of aliphatic hydroxyl groups is 1. The maximum Gasteiger partial charge on any atom is 0.248 e. The van der Waals surface area contributed by atoms with Gasteiger partial charge < -0.3 is 19.3 Å². The highest BCUT2D eigenvalue weighted by Gasteiger charge is 2.10. The molecule has 0 bridgehead atoms. The molecule has 4 aromatic rings. The van der Waals surface area contributed by atoms with Gasteiger partial charge in [0.05, 0.1) is 5.02 Å². The molecule has 156 valence electrons. The molecule has 0 saturated carbocycles. The molecule has 2 aromatic carbocycles. The normalized spacial score (nSPS) is 11.2. The Morgan fingerprint density at radius 1 is 1.03 bits per heavy atom. The molecule has 0 fully saturated rings. The largest absolute Gasteiger partial charge is 0.459 e. The van der Waals surface area contributed by atoms with Crippen LogP contribution < -0.4 is 5.32 Å². The van der Waals surface area contributed by atoms with Gasteiger partial charge in [0, 0.05) is 22.9 Å². The fraction of sp³-hybridized carbons (Fsp3) is 0.0800. The Morgan fingerprint density at radius 2 is 1.84 bits per heavy atom. The Morgan fingerprint density at radius 3 is 2.61 bits per heavy atom. The lowest BCUT2D eigenvalue weighted by Crippen LogP contribution is -2.09. The number of carbonyl (C=O) groups is 1. The van der Waals surface area contributed by atoms with Crippen molar-refractivity contribution in [3.05, 3.63) is 94.9 Å². The van der Waals surface area contributed by atoms with Gasteiger partial charge in [-0.05, 0) is 61.0 Å². The van der Waals surface area contributed by atoms with Crippen molar-refractivity contribution >= 4 is 29.3 Å². The minimum absolute atomic E-state index is 0.161. The third-order valence-corrected chi connectivity index (χ3v) is 5.09. The van der Waals surface area contributed by atoms with Crippen molar-refractivity contribution in [2.45, 2.75) is 13.5 Å². The van der Waals surface area contributed by atoms with Crippen LogP contribution in [0.4, 0.5) is 5.69 Å². The number of nitrogens with one attached hydrogen (secondary N) is 1. The topological polar surface area (TPSA) is 75.6 Å². The maximum atomic E-state index is 12.4. The van der Waals surface area contributed by atoms with E-state index in [4.69, 9.17) is 20.4 Å². The van der Waals surface area contributed by atoms with E-state index in [-0.39, 0.29) is 12.5 Å². The first kappa shape index (κ1) is 20.7. The molecule has 2 aromatic heterocycles. The van der Waals surface area contributed by atoms with Crippen LogP contribution in [0.25, 0.3) is 28.7 Å². The lowest BCUT2D eigenvalue weighted by atomic mass is 10.1. The Balaban J connectivity index is 1.47. The molecule has 0 aliphatic heterocycles. The van der Waals surface area contributed by atoms with Crippen LogP contribution in [0.5, 0.6) is 0 Å². The number of hydrogen-bond acceptors (Lipinski definition) is 4. The van der Waals surface area contributed by atoms with Crippen molar-refractivity contribution in [3.63, 3.8) is 0 Å². The molecular formula is C25H20ClNO4. The number of rotatable bonds is 6. The van der Waals surface area contributed by atoms with Gasteiger partial charge in [-0.2, -0.15) is 0 Å². The summed E-state index contributed by atoms with van der Waals surface area (Å²) in [6, 6.07) is 20.2. The Bertz CT molecular complexity index is 1250. The van der Waals surface area contributed by atoms with Crippen molar-refractivity contribution < 1.29 is 18.7 Å². The van der Waals surface area contributed by atoms with Crippen LogP contribution in [0.15, 0.2) is 81.6 Å². The minimum Gasteiger partial charge on any atom is -0.459 e. The van der Waals surface area contributed by atoms with Crippen LogP contribution in [0.3, 0.4) is 0 Å². The van der Waals surface area contributed by atoms with Crippen LogP contribution >= 0.6 is 11.6 Å². The summed E-state index contributed by atoms with van der Waals surface area (Å²) >= 11 is 6.21. The standard InChI is InChI=1S/C25H20ClNO4/c1-16-6-7-17(23-11-9-19(15-28)31-23)14-22(16)27-25(29)13-10-18-8-12-24(30-18)20-4-2-3-5-21(20)26/h2-14,28H,15H2,1H3,(H,27,29)/b13-10+. The van der Waals surface area contributed by atoms with E-state index in [1.165, 1.54) is 6.08 Å². The number of furan rings is 2. The Hall–Kier alpha value is -3.54. The SMILES string of the molecule is Cc1ccc(-c2ccc(CO)o2)cc1NC(=O)/C=C/c1ccc(-c2ccccc2Cl)o1. The molecule has 5 nitrogen and oxygen atoms in total. The van der Waals surface area contributed by atoms with Crippen molar-refractivity contribution in [3.8, 4) is 22.6 Å². The minimum atomic E-state index is -0.286.